The lowest BCUT2D eigenvalue weighted by Crippen LogP contribution is -2.52. The lowest BCUT2D eigenvalue weighted by molar-refractivity contribution is -0.0809. The van der Waals surface area contributed by atoms with E-state index in [4.69, 9.17) is 4.74 Å². The molecule has 0 unspecified atom stereocenters. The van der Waals surface area contributed by atoms with Crippen LogP contribution in [0.15, 0.2) is 12.2 Å². The van der Waals surface area contributed by atoms with Crippen molar-refractivity contribution in [2.75, 3.05) is 0 Å². The molecule has 0 radical (unpaired) electrons. The Morgan fingerprint density at radius 2 is 1.64 bits per heavy atom. The summed E-state index contributed by atoms with van der Waals surface area (Å²) >= 11 is 0. The van der Waals surface area contributed by atoms with Gasteiger partial charge in [-0.15, -0.1) is 0 Å². The van der Waals surface area contributed by atoms with Gasteiger partial charge in [-0.05, 0) is 81.5 Å². The summed E-state index contributed by atoms with van der Waals surface area (Å²) < 4.78 is 6.45. The number of epoxide rings is 1. The van der Waals surface area contributed by atoms with E-state index in [1.54, 1.807) is 5.57 Å². The molecular formula is C24H38O. The van der Waals surface area contributed by atoms with Gasteiger partial charge in [0.1, 0.15) is 0 Å². The first-order valence-electron chi connectivity index (χ1n) is 11.3. The summed E-state index contributed by atoms with van der Waals surface area (Å²) in [4.78, 5) is 0. The Hall–Kier alpha value is -0.300. The smallest absolute Gasteiger partial charge is 0.0929 e. The fraction of sp³-hybridized carbons (Fsp3) is 0.917. The van der Waals surface area contributed by atoms with E-state index in [1.807, 2.05) is 0 Å². The van der Waals surface area contributed by atoms with Crippen LogP contribution < -0.4 is 0 Å². The van der Waals surface area contributed by atoms with Crippen molar-refractivity contribution in [3.63, 3.8) is 0 Å². The molecule has 0 aromatic carbocycles. The van der Waals surface area contributed by atoms with Crippen molar-refractivity contribution in [3.05, 3.63) is 12.2 Å². The lowest BCUT2D eigenvalue weighted by atomic mass is 9.45. The maximum absolute atomic E-state index is 6.45. The predicted octanol–water partition coefficient (Wildman–Crippen LogP) is 6.67. The molecule has 0 aromatic heterocycles. The van der Waals surface area contributed by atoms with Gasteiger partial charge in [0.25, 0.3) is 0 Å². The predicted molar refractivity (Wildman–Crippen MR) is 103 cm³/mol. The third kappa shape index (κ3) is 2.43. The summed E-state index contributed by atoms with van der Waals surface area (Å²) in [5, 5.41) is 0. The van der Waals surface area contributed by atoms with Crippen molar-refractivity contribution < 1.29 is 4.74 Å². The zero-order valence-corrected chi connectivity index (χ0v) is 16.6. The average Bonchev–Trinajstić information content (AvgIpc) is 3.06. The third-order valence-electron chi connectivity index (χ3n) is 9.63. The second-order valence-electron chi connectivity index (χ2n) is 11.0. The number of allylic oxidation sites excluding steroid dienone is 1. The van der Waals surface area contributed by atoms with Crippen LogP contribution in [-0.2, 0) is 4.74 Å². The molecule has 4 aliphatic carbocycles. The van der Waals surface area contributed by atoms with Crippen LogP contribution in [-0.4, -0.2) is 11.7 Å². The molecular weight excluding hydrogens is 304 g/mol. The Balaban J connectivity index is 1.40. The van der Waals surface area contributed by atoms with E-state index in [0.717, 1.165) is 17.8 Å². The highest BCUT2D eigenvalue weighted by Gasteiger charge is 2.65. The van der Waals surface area contributed by atoms with Gasteiger partial charge in [-0.1, -0.05) is 51.2 Å². The highest BCUT2D eigenvalue weighted by Crippen LogP contribution is 2.67. The largest absolute Gasteiger partial charge is 0.366 e. The van der Waals surface area contributed by atoms with Gasteiger partial charge in [-0.2, -0.15) is 0 Å². The number of ether oxygens (including phenoxy) is 1. The van der Waals surface area contributed by atoms with Crippen LogP contribution in [0.2, 0.25) is 0 Å². The molecule has 0 amide bonds. The minimum absolute atomic E-state index is 0.197. The second kappa shape index (κ2) is 5.60. The van der Waals surface area contributed by atoms with Gasteiger partial charge in [0.05, 0.1) is 11.7 Å². The molecule has 5 fully saturated rings. The fourth-order valence-electron chi connectivity index (χ4n) is 8.09. The Morgan fingerprint density at radius 3 is 2.36 bits per heavy atom. The minimum atomic E-state index is 0.197. The van der Waals surface area contributed by atoms with Crippen molar-refractivity contribution in [3.8, 4) is 0 Å². The molecule has 1 heterocycles. The lowest BCUT2D eigenvalue weighted by Gasteiger charge is -2.59. The molecule has 140 valence electrons. The zero-order chi connectivity index (χ0) is 17.3. The number of hydrogen-bond acceptors (Lipinski definition) is 1. The van der Waals surface area contributed by atoms with E-state index in [1.165, 1.54) is 83.5 Å². The van der Waals surface area contributed by atoms with E-state index in [2.05, 4.69) is 20.4 Å². The standard InChI is InChI=1S/C24H38O/c1-17-15-24(12-7-8-13-24)21-23(3,25-21)14-11-20-19(17)16-22(20,2)18-9-5-4-6-10-18/h18-21H,1,4-16H2,2-3H3/t19-,20-,21-,22+,23-/m1/s1. The Bertz CT molecular complexity index is 552. The number of hydrogen-bond donors (Lipinski definition) is 0. The highest BCUT2D eigenvalue weighted by molar-refractivity contribution is 5.23. The fourth-order valence-corrected chi connectivity index (χ4v) is 8.09. The van der Waals surface area contributed by atoms with Gasteiger partial charge in [-0.25, -0.2) is 0 Å². The molecule has 5 atom stereocenters. The number of rotatable bonds is 1. The van der Waals surface area contributed by atoms with Crippen molar-refractivity contribution in [2.24, 2.45) is 28.6 Å². The summed E-state index contributed by atoms with van der Waals surface area (Å²) in [5.41, 5.74) is 2.86. The molecule has 0 aromatic rings. The molecule has 0 N–H and O–H groups in total. The molecule has 1 heteroatoms. The quantitative estimate of drug-likeness (QED) is 0.383. The average molecular weight is 343 g/mol. The first-order chi connectivity index (χ1) is 12.0. The summed E-state index contributed by atoms with van der Waals surface area (Å²) in [7, 11) is 0. The Morgan fingerprint density at radius 1 is 0.920 bits per heavy atom. The summed E-state index contributed by atoms with van der Waals surface area (Å²) in [6, 6.07) is 0. The van der Waals surface area contributed by atoms with E-state index in [-0.39, 0.29) is 5.60 Å². The van der Waals surface area contributed by atoms with Gasteiger partial charge < -0.3 is 4.74 Å². The molecule has 5 aliphatic rings. The molecule has 1 nitrogen and oxygen atoms in total. The molecule has 5 rings (SSSR count). The van der Waals surface area contributed by atoms with Crippen LogP contribution in [0.1, 0.15) is 97.3 Å². The second-order valence-corrected chi connectivity index (χ2v) is 11.0. The van der Waals surface area contributed by atoms with Gasteiger partial charge >= 0.3 is 0 Å². The first-order valence-corrected chi connectivity index (χ1v) is 11.3. The van der Waals surface area contributed by atoms with Gasteiger partial charge in [0, 0.05) is 5.41 Å². The van der Waals surface area contributed by atoms with Crippen molar-refractivity contribution in [1.82, 2.24) is 0 Å². The van der Waals surface area contributed by atoms with Crippen LogP contribution >= 0.6 is 0 Å². The van der Waals surface area contributed by atoms with Crippen LogP contribution in [0.5, 0.6) is 0 Å². The van der Waals surface area contributed by atoms with Crippen molar-refractivity contribution in [2.45, 2.75) is 109 Å². The molecule has 0 bridgehead atoms. The van der Waals surface area contributed by atoms with E-state index in [9.17, 15) is 0 Å². The Labute approximate surface area is 155 Å². The SMILES string of the molecule is C=C1CC2(CCCC2)[C@@H]2O[C@]2(C)CC[C@@H]2[C@@H]1C[C@@]2(C)C1CCCCC1. The first kappa shape index (κ1) is 16.8. The normalized spacial score (nSPS) is 49.5. The molecule has 1 spiro atoms. The maximum Gasteiger partial charge on any atom is 0.0929 e. The topological polar surface area (TPSA) is 12.5 Å². The van der Waals surface area contributed by atoms with Crippen LogP contribution in [0.4, 0.5) is 0 Å². The molecule has 1 saturated heterocycles. The monoisotopic (exact) mass is 342 g/mol. The van der Waals surface area contributed by atoms with E-state index in [0.29, 0.717) is 16.9 Å². The van der Waals surface area contributed by atoms with Crippen molar-refractivity contribution in [1.29, 1.82) is 0 Å². The molecule has 4 saturated carbocycles. The molecule has 25 heavy (non-hydrogen) atoms. The van der Waals surface area contributed by atoms with Gasteiger partial charge in [0.2, 0.25) is 0 Å². The van der Waals surface area contributed by atoms with Crippen LogP contribution in [0.25, 0.3) is 0 Å². The summed E-state index contributed by atoms with van der Waals surface area (Å²) in [6.07, 6.45) is 19.0. The van der Waals surface area contributed by atoms with Gasteiger partial charge in [0.15, 0.2) is 0 Å². The number of fused-ring (bicyclic) bond motifs is 3. The van der Waals surface area contributed by atoms with Gasteiger partial charge in [-0.3, -0.25) is 0 Å². The Kier molecular flexibility index (Phi) is 3.77. The molecule has 1 aliphatic heterocycles. The van der Waals surface area contributed by atoms with Crippen molar-refractivity contribution >= 4 is 0 Å². The maximum atomic E-state index is 6.45. The van der Waals surface area contributed by atoms with Crippen LogP contribution in [0, 0.1) is 28.6 Å². The summed E-state index contributed by atoms with van der Waals surface area (Å²) in [5.74, 6) is 2.70. The highest BCUT2D eigenvalue weighted by atomic mass is 16.6. The minimum Gasteiger partial charge on any atom is -0.366 e. The van der Waals surface area contributed by atoms with Crippen LogP contribution in [0.3, 0.4) is 0 Å². The zero-order valence-electron chi connectivity index (χ0n) is 16.6. The van der Waals surface area contributed by atoms with E-state index >= 15 is 0 Å². The van der Waals surface area contributed by atoms with E-state index < -0.39 is 0 Å². The third-order valence-corrected chi connectivity index (χ3v) is 9.63. The summed E-state index contributed by atoms with van der Waals surface area (Å²) in [6.45, 7) is 9.77.